The maximum Gasteiger partial charge on any atom is 0.246 e. The van der Waals surface area contributed by atoms with Crippen molar-refractivity contribution in [3.05, 3.63) is 30.7 Å². The Kier molecular flexibility index (Phi) is 5.07. The third-order valence-electron chi connectivity index (χ3n) is 4.83. The van der Waals surface area contributed by atoms with Gasteiger partial charge >= 0.3 is 0 Å². The van der Waals surface area contributed by atoms with E-state index in [1.54, 1.807) is 12.4 Å². The third-order valence-corrected chi connectivity index (χ3v) is 4.83. The molecule has 9 nitrogen and oxygen atoms in total. The van der Waals surface area contributed by atoms with Crippen LogP contribution in [-0.2, 0) is 9.53 Å². The number of hydrogen-bond donors (Lipinski definition) is 3. The summed E-state index contributed by atoms with van der Waals surface area (Å²) in [5.41, 5.74) is 9.27. The molecule has 0 aliphatic carbocycles. The Hall–Kier alpha value is -3.20. The first-order valence-corrected chi connectivity index (χ1v) is 9.32. The van der Waals surface area contributed by atoms with E-state index in [4.69, 9.17) is 10.5 Å². The Morgan fingerprint density at radius 1 is 1.39 bits per heavy atom. The highest BCUT2D eigenvalue weighted by Gasteiger charge is 2.26. The van der Waals surface area contributed by atoms with Gasteiger partial charge in [0.25, 0.3) is 0 Å². The minimum atomic E-state index is -0.0765. The second-order valence-electron chi connectivity index (χ2n) is 6.69. The average molecular weight is 381 g/mol. The van der Waals surface area contributed by atoms with Gasteiger partial charge in [0.15, 0.2) is 0 Å². The number of fused-ring (bicyclic) bond motifs is 1. The molecule has 1 atom stereocenters. The van der Waals surface area contributed by atoms with Gasteiger partial charge in [-0.1, -0.05) is 0 Å². The average Bonchev–Trinajstić information content (AvgIpc) is 3.33. The molecule has 0 saturated carbocycles. The van der Waals surface area contributed by atoms with E-state index in [0.717, 1.165) is 47.5 Å². The summed E-state index contributed by atoms with van der Waals surface area (Å²) in [5.74, 6) is 0.155. The molecule has 146 valence electrons. The molecule has 1 fully saturated rings. The molecular weight excluding hydrogens is 358 g/mol. The summed E-state index contributed by atoms with van der Waals surface area (Å²) in [4.78, 5) is 30.2. The number of H-pyrrole nitrogens is 1. The first kappa shape index (κ1) is 18.2. The van der Waals surface area contributed by atoms with Gasteiger partial charge in [-0.15, -0.1) is 0 Å². The Morgan fingerprint density at radius 2 is 2.25 bits per heavy atom. The van der Waals surface area contributed by atoms with Crippen LogP contribution in [0, 0.1) is 0 Å². The van der Waals surface area contributed by atoms with E-state index in [2.05, 4.69) is 30.2 Å². The molecule has 1 aliphatic rings. The topological polar surface area (TPSA) is 122 Å². The number of nitrogens with zero attached hydrogens (tertiary/aromatic N) is 4. The summed E-state index contributed by atoms with van der Waals surface area (Å²) in [6, 6.07) is 3.92. The number of ether oxygens (including phenoxy) is 1. The lowest BCUT2D eigenvalue weighted by Crippen LogP contribution is -2.39. The molecule has 28 heavy (non-hydrogen) atoms. The minimum Gasteiger partial charge on any atom is -0.372 e. The van der Waals surface area contributed by atoms with Crippen molar-refractivity contribution in [1.82, 2.24) is 25.3 Å². The van der Waals surface area contributed by atoms with Crippen molar-refractivity contribution in [2.75, 3.05) is 36.9 Å². The highest BCUT2D eigenvalue weighted by molar-refractivity contribution is 6.02. The van der Waals surface area contributed by atoms with Crippen molar-refractivity contribution in [2.45, 2.75) is 19.4 Å². The van der Waals surface area contributed by atoms with Gasteiger partial charge in [-0.25, -0.2) is 15.0 Å². The number of aromatic nitrogens is 4. The zero-order valence-electron chi connectivity index (χ0n) is 15.7. The van der Waals surface area contributed by atoms with Crippen LogP contribution in [0.2, 0.25) is 0 Å². The fourth-order valence-electron chi connectivity index (χ4n) is 3.59. The summed E-state index contributed by atoms with van der Waals surface area (Å²) < 4.78 is 5.18. The van der Waals surface area contributed by atoms with Gasteiger partial charge in [-0.05, 0) is 25.5 Å². The fourth-order valence-corrected chi connectivity index (χ4v) is 3.59. The van der Waals surface area contributed by atoms with Crippen LogP contribution in [0.3, 0.4) is 0 Å². The van der Waals surface area contributed by atoms with Crippen molar-refractivity contribution >= 4 is 28.6 Å². The summed E-state index contributed by atoms with van der Waals surface area (Å²) >= 11 is 0. The van der Waals surface area contributed by atoms with Crippen LogP contribution < -0.4 is 16.0 Å². The Labute approximate surface area is 162 Å². The minimum absolute atomic E-state index is 0.0765. The van der Waals surface area contributed by atoms with Gasteiger partial charge in [0.1, 0.15) is 12.3 Å². The zero-order valence-corrected chi connectivity index (χ0v) is 15.7. The third kappa shape index (κ3) is 3.61. The first-order valence-electron chi connectivity index (χ1n) is 9.32. The number of nitrogens with two attached hydrogens (primary N) is 1. The SMILES string of the molecule is CCOCC(=O)N[C@H]1CCN(c2ccnc3[nH]cc(-c4ccnc(N)n4)c23)C1. The lowest BCUT2D eigenvalue weighted by Gasteiger charge is -2.20. The molecule has 0 unspecified atom stereocenters. The van der Waals surface area contributed by atoms with E-state index >= 15 is 0 Å². The number of carbonyl (C=O) groups is 1. The number of pyridine rings is 1. The maximum atomic E-state index is 11.9. The van der Waals surface area contributed by atoms with Crippen LogP contribution in [0.15, 0.2) is 30.7 Å². The molecule has 0 radical (unpaired) electrons. The number of nitrogen functional groups attached to an aromatic ring is 1. The van der Waals surface area contributed by atoms with E-state index in [-0.39, 0.29) is 24.5 Å². The van der Waals surface area contributed by atoms with E-state index in [9.17, 15) is 4.79 Å². The summed E-state index contributed by atoms with van der Waals surface area (Å²) in [5, 5.41) is 4.03. The molecule has 1 saturated heterocycles. The predicted octanol–water partition coefficient (Wildman–Crippen LogP) is 1.33. The maximum absolute atomic E-state index is 11.9. The molecule has 1 amide bonds. The van der Waals surface area contributed by atoms with E-state index in [0.29, 0.717) is 6.61 Å². The van der Waals surface area contributed by atoms with Crippen molar-refractivity contribution in [1.29, 1.82) is 0 Å². The Bertz CT molecular complexity index is 987. The lowest BCUT2D eigenvalue weighted by atomic mass is 10.1. The number of rotatable bonds is 6. The van der Waals surface area contributed by atoms with Gasteiger partial charge < -0.3 is 25.7 Å². The normalized spacial score (nSPS) is 16.6. The van der Waals surface area contributed by atoms with Gasteiger partial charge in [-0.3, -0.25) is 4.79 Å². The van der Waals surface area contributed by atoms with Crippen molar-refractivity contribution in [3.8, 4) is 11.3 Å². The van der Waals surface area contributed by atoms with Crippen molar-refractivity contribution < 1.29 is 9.53 Å². The largest absolute Gasteiger partial charge is 0.372 e. The van der Waals surface area contributed by atoms with Crippen LogP contribution in [0.25, 0.3) is 22.3 Å². The molecule has 0 spiro atoms. The highest BCUT2D eigenvalue weighted by atomic mass is 16.5. The Morgan fingerprint density at radius 3 is 3.07 bits per heavy atom. The van der Waals surface area contributed by atoms with Crippen LogP contribution in [-0.4, -0.2) is 58.2 Å². The fraction of sp³-hybridized carbons (Fsp3) is 0.368. The standard InChI is InChI=1S/C19H23N7O2/c1-2-28-11-16(27)24-12-5-8-26(10-12)15-4-7-21-18-17(15)13(9-23-18)14-3-6-22-19(20)25-14/h3-4,6-7,9,12H,2,5,8,10-11H2,1H3,(H,21,23)(H,24,27)(H2,20,22,25)/t12-/m0/s1. The second kappa shape index (κ2) is 7.81. The Balaban J connectivity index is 1.60. The van der Waals surface area contributed by atoms with Gasteiger partial charge in [-0.2, -0.15) is 0 Å². The molecular formula is C19H23N7O2. The quantitative estimate of drug-likeness (QED) is 0.589. The van der Waals surface area contributed by atoms with Crippen molar-refractivity contribution in [3.63, 3.8) is 0 Å². The van der Waals surface area contributed by atoms with E-state index < -0.39 is 0 Å². The number of anilines is 2. The molecule has 9 heteroatoms. The molecule has 3 aromatic rings. The number of hydrogen-bond acceptors (Lipinski definition) is 7. The molecule has 4 rings (SSSR count). The first-order chi connectivity index (χ1) is 13.7. The van der Waals surface area contributed by atoms with Crippen LogP contribution >= 0.6 is 0 Å². The van der Waals surface area contributed by atoms with Gasteiger partial charge in [0, 0.05) is 49.9 Å². The van der Waals surface area contributed by atoms with Crippen molar-refractivity contribution in [2.24, 2.45) is 0 Å². The zero-order chi connectivity index (χ0) is 19.5. The summed E-state index contributed by atoms with van der Waals surface area (Å²) in [7, 11) is 0. The number of amides is 1. The molecule has 1 aliphatic heterocycles. The van der Waals surface area contributed by atoms with Crippen LogP contribution in [0.1, 0.15) is 13.3 Å². The summed E-state index contributed by atoms with van der Waals surface area (Å²) in [6.45, 7) is 4.08. The molecule has 4 N–H and O–H groups in total. The predicted molar refractivity (Wildman–Crippen MR) is 107 cm³/mol. The molecule has 4 heterocycles. The highest BCUT2D eigenvalue weighted by Crippen LogP contribution is 2.35. The lowest BCUT2D eigenvalue weighted by molar-refractivity contribution is -0.126. The van der Waals surface area contributed by atoms with Gasteiger partial charge in [0.05, 0.1) is 16.8 Å². The van der Waals surface area contributed by atoms with Crippen LogP contribution in [0.5, 0.6) is 0 Å². The number of nitrogens with one attached hydrogen (secondary N) is 2. The van der Waals surface area contributed by atoms with E-state index in [1.807, 2.05) is 25.3 Å². The second-order valence-corrected chi connectivity index (χ2v) is 6.69. The monoisotopic (exact) mass is 381 g/mol. The molecule has 0 aromatic carbocycles. The molecule has 0 bridgehead atoms. The molecule has 3 aromatic heterocycles. The number of carbonyl (C=O) groups excluding carboxylic acids is 1. The van der Waals surface area contributed by atoms with E-state index in [1.165, 1.54) is 0 Å². The number of aromatic amines is 1. The van der Waals surface area contributed by atoms with Crippen LogP contribution in [0.4, 0.5) is 11.6 Å². The summed E-state index contributed by atoms with van der Waals surface area (Å²) in [6.07, 6.45) is 6.20. The van der Waals surface area contributed by atoms with Gasteiger partial charge in [0.2, 0.25) is 11.9 Å². The smallest absolute Gasteiger partial charge is 0.246 e.